The topological polar surface area (TPSA) is 105 Å². The highest BCUT2D eigenvalue weighted by Crippen LogP contribution is 2.36. The summed E-state index contributed by atoms with van der Waals surface area (Å²) in [4.78, 5) is 28.7. The number of ether oxygens (including phenoxy) is 2. The van der Waals surface area contributed by atoms with Gasteiger partial charge in [-0.3, -0.25) is 13.9 Å². The van der Waals surface area contributed by atoms with Gasteiger partial charge in [-0.25, -0.2) is 8.42 Å². The molecule has 41 heavy (non-hydrogen) atoms. The van der Waals surface area contributed by atoms with E-state index >= 15 is 0 Å². The minimum atomic E-state index is -4.17. The summed E-state index contributed by atoms with van der Waals surface area (Å²) in [7, 11) is -4.17. The highest BCUT2D eigenvalue weighted by Gasteiger charge is 2.33. The van der Waals surface area contributed by atoms with Crippen molar-refractivity contribution in [3.63, 3.8) is 0 Å². The van der Waals surface area contributed by atoms with Crippen molar-refractivity contribution in [3.8, 4) is 11.5 Å². The molecule has 3 aromatic carbocycles. The Balaban J connectivity index is 1.72. The maximum absolute atomic E-state index is 14.1. The lowest BCUT2D eigenvalue weighted by molar-refractivity contribution is -0.139. The zero-order valence-corrected chi connectivity index (χ0v) is 24.7. The third-order valence-electron chi connectivity index (χ3n) is 7.07. The first-order valence-electron chi connectivity index (χ1n) is 13.7. The van der Waals surface area contributed by atoms with Gasteiger partial charge >= 0.3 is 0 Å². The Kier molecular flexibility index (Phi) is 9.54. The van der Waals surface area contributed by atoms with Crippen LogP contribution >= 0.6 is 0 Å². The van der Waals surface area contributed by atoms with Gasteiger partial charge in [0.15, 0.2) is 11.5 Å². The fourth-order valence-corrected chi connectivity index (χ4v) is 5.80. The number of hydrogen-bond donors (Lipinski definition) is 1. The summed E-state index contributed by atoms with van der Waals surface area (Å²) in [6.45, 7) is 7.81. The first-order chi connectivity index (χ1) is 19.6. The normalized spacial score (nSPS) is 14.0. The molecule has 4 rings (SSSR count). The maximum Gasteiger partial charge on any atom is 0.264 e. The first kappa shape index (κ1) is 29.9. The number of aryl methyl sites for hydroxylation is 1. The van der Waals surface area contributed by atoms with Gasteiger partial charge in [0, 0.05) is 18.7 Å². The Morgan fingerprint density at radius 1 is 0.927 bits per heavy atom. The van der Waals surface area contributed by atoms with Gasteiger partial charge in [0.1, 0.15) is 25.8 Å². The molecule has 1 N–H and O–H groups in total. The van der Waals surface area contributed by atoms with Crippen molar-refractivity contribution in [1.82, 2.24) is 10.2 Å². The van der Waals surface area contributed by atoms with Crippen molar-refractivity contribution in [2.75, 3.05) is 24.1 Å². The Morgan fingerprint density at radius 3 is 2.24 bits per heavy atom. The average molecular weight is 580 g/mol. The molecule has 10 heteroatoms. The minimum Gasteiger partial charge on any atom is -0.486 e. The molecule has 1 heterocycles. The van der Waals surface area contributed by atoms with Crippen molar-refractivity contribution < 1.29 is 27.5 Å². The summed E-state index contributed by atoms with van der Waals surface area (Å²) in [5.41, 5.74) is 2.13. The Labute approximate surface area is 242 Å². The molecular formula is C31H37N3O6S. The van der Waals surface area contributed by atoms with E-state index in [0.29, 0.717) is 24.7 Å². The van der Waals surface area contributed by atoms with Crippen LogP contribution in [0.25, 0.3) is 0 Å². The molecule has 2 amide bonds. The fourth-order valence-electron chi connectivity index (χ4n) is 4.37. The monoisotopic (exact) mass is 579 g/mol. The number of nitrogens with one attached hydrogen (secondary N) is 1. The van der Waals surface area contributed by atoms with Crippen molar-refractivity contribution in [2.24, 2.45) is 0 Å². The number of benzene rings is 3. The van der Waals surface area contributed by atoms with E-state index in [4.69, 9.17) is 9.47 Å². The summed E-state index contributed by atoms with van der Waals surface area (Å²) in [5.74, 6) is 0.0652. The van der Waals surface area contributed by atoms with Gasteiger partial charge in [-0.1, -0.05) is 55.0 Å². The molecule has 0 saturated heterocycles. The fraction of sp³-hybridized carbons (Fsp3) is 0.355. The second kappa shape index (κ2) is 13.1. The largest absolute Gasteiger partial charge is 0.486 e. The molecule has 1 aliphatic heterocycles. The summed E-state index contributed by atoms with van der Waals surface area (Å²) in [5, 5.41) is 2.94. The Morgan fingerprint density at radius 2 is 1.59 bits per heavy atom. The van der Waals surface area contributed by atoms with E-state index in [0.717, 1.165) is 21.9 Å². The Hall–Kier alpha value is -4.05. The average Bonchev–Trinajstić information content (AvgIpc) is 2.99. The highest BCUT2D eigenvalue weighted by molar-refractivity contribution is 7.92. The second-order valence-corrected chi connectivity index (χ2v) is 12.0. The molecule has 2 atom stereocenters. The van der Waals surface area contributed by atoms with Crippen LogP contribution in [-0.4, -0.2) is 57.0 Å². The van der Waals surface area contributed by atoms with Crippen molar-refractivity contribution in [3.05, 3.63) is 83.9 Å². The van der Waals surface area contributed by atoms with Crippen LogP contribution in [0.3, 0.4) is 0 Å². The number of carbonyl (C=O) groups is 2. The smallest absolute Gasteiger partial charge is 0.264 e. The van der Waals surface area contributed by atoms with Crippen LogP contribution in [-0.2, 0) is 26.2 Å². The van der Waals surface area contributed by atoms with Gasteiger partial charge in [0.2, 0.25) is 11.8 Å². The maximum atomic E-state index is 14.1. The van der Waals surface area contributed by atoms with Gasteiger partial charge in [-0.05, 0) is 57.0 Å². The number of nitrogens with zero attached hydrogens (tertiary/aromatic N) is 2. The summed E-state index contributed by atoms with van der Waals surface area (Å²) in [6, 6.07) is 19.5. The van der Waals surface area contributed by atoms with E-state index in [-0.39, 0.29) is 29.1 Å². The van der Waals surface area contributed by atoms with Gasteiger partial charge in [0.25, 0.3) is 10.0 Å². The lowest BCUT2D eigenvalue weighted by atomic mass is 10.1. The summed E-state index contributed by atoms with van der Waals surface area (Å²) >= 11 is 0. The predicted octanol–water partition coefficient (Wildman–Crippen LogP) is 4.29. The SMILES string of the molecule is CCC(C)NC(=O)C(C)N(Cc1ccc(C)cc1)C(=O)CN(c1ccc2c(c1)OCCO2)S(=O)(=O)c1ccccc1. The van der Waals surface area contributed by atoms with E-state index in [9.17, 15) is 18.0 Å². The molecule has 0 radical (unpaired) electrons. The Bertz CT molecular complexity index is 1460. The van der Waals surface area contributed by atoms with E-state index in [1.165, 1.54) is 17.0 Å². The van der Waals surface area contributed by atoms with Crippen molar-refractivity contribution >= 4 is 27.5 Å². The quantitative estimate of drug-likeness (QED) is 0.363. The molecule has 0 bridgehead atoms. The van der Waals surface area contributed by atoms with E-state index in [1.54, 1.807) is 43.3 Å². The van der Waals surface area contributed by atoms with Crippen LogP contribution in [0.15, 0.2) is 77.7 Å². The molecule has 1 aliphatic rings. The molecule has 0 saturated carbocycles. The van der Waals surface area contributed by atoms with Gasteiger partial charge in [-0.15, -0.1) is 0 Å². The van der Waals surface area contributed by atoms with Gasteiger partial charge < -0.3 is 19.7 Å². The van der Waals surface area contributed by atoms with Crippen molar-refractivity contribution in [2.45, 2.75) is 57.6 Å². The molecule has 3 aromatic rings. The third kappa shape index (κ3) is 7.18. The molecule has 0 aliphatic carbocycles. The number of hydrogen-bond acceptors (Lipinski definition) is 6. The second-order valence-electron chi connectivity index (χ2n) is 10.2. The zero-order chi connectivity index (χ0) is 29.6. The van der Waals surface area contributed by atoms with Crippen LogP contribution in [0.4, 0.5) is 5.69 Å². The van der Waals surface area contributed by atoms with E-state index in [2.05, 4.69) is 5.32 Å². The standard InChI is InChI=1S/C31H37N3O6S/c1-5-23(3)32-31(36)24(4)33(20-25-13-11-22(2)12-14-25)30(35)21-34(41(37,38)27-9-7-6-8-10-27)26-15-16-28-29(19-26)40-18-17-39-28/h6-16,19,23-24H,5,17-18,20-21H2,1-4H3,(H,32,36). The van der Waals surface area contributed by atoms with Crippen LogP contribution in [0, 0.1) is 6.92 Å². The minimum absolute atomic E-state index is 0.0373. The molecular weight excluding hydrogens is 542 g/mol. The molecule has 0 fully saturated rings. The summed E-state index contributed by atoms with van der Waals surface area (Å²) in [6.07, 6.45) is 0.734. The first-order valence-corrected chi connectivity index (χ1v) is 15.2. The zero-order valence-electron chi connectivity index (χ0n) is 23.9. The number of carbonyl (C=O) groups excluding carboxylic acids is 2. The number of sulfonamides is 1. The molecule has 0 spiro atoms. The van der Waals surface area contributed by atoms with Crippen LogP contribution in [0.2, 0.25) is 0 Å². The highest BCUT2D eigenvalue weighted by atomic mass is 32.2. The van der Waals surface area contributed by atoms with Crippen LogP contribution in [0.5, 0.6) is 11.5 Å². The van der Waals surface area contributed by atoms with Crippen LogP contribution in [0.1, 0.15) is 38.3 Å². The number of fused-ring (bicyclic) bond motifs is 1. The number of anilines is 1. The molecule has 9 nitrogen and oxygen atoms in total. The van der Waals surface area contributed by atoms with E-state index < -0.39 is 28.5 Å². The van der Waals surface area contributed by atoms with E-state index in [1.807, 2.05) is 45.0 Å². The third-order valence-corrected chi connectivity index (χ3v) is 8.85. The lowest BCUT2D eigenvalue weighted by Crippen LogP contribution is -2.52. The predicted molar refractivity (Wildman–Crippen MR) is 157 cm³/mol. The van der Waals surface area contributed by atoms with Crippen LogP contribution < -0.4 is 19.1 Å². The number of rotatable bonds is 11. The summed E-state index contributed by atoms with van der Waals surface area (Å²) < 4.78 is 40.3. The van der Waals surface area contributed by atoms with Gasteiger partial charge in [0.05, 0.1) is 10.6 Å². The number of amides is 2. The van der Waals surface area contributed by atoms with Gasteiger partial charge in [-0.2, -0.15) is 0 Å². The molecule has 2 unspecified atom stereocenters. The lowest BCUT2D eigenvalue weighted by Gasteiger charge is -2.32. The molecule has 218 valence electrons. The molecule has 0 aromatic heterocycles. The van der Waals surface area contributed by atoms with Crippen molar-refractivity contribution in [1.29, 1.82) is 0 Å².